The highest BCUT2D eigenvalue weighted by atomic mass is 16.5. The van der Waals surface area contributed by atoms with Crippen LogP contribution in [0.1, 0.15) is 42.1 Å². The lowest BCUT2D eigenvalue weighted by atomic mass is 9.98. The molecule has 0 saturated carbocycles. The molecule has 1 N–H and O–H groups in total. The summed E-state index contributed by atoms with van der Waals surface area (Å²) < 4.78 is 5.70. The second-order valence-corrected chi connectivity index (χ2v) is 5.35. The zero-order valence-corrected chi connectivity index (χ0v) is 12.0. The number of para-hydroxylation sites is 1. The van der Waals surface area contributed by atoms with Crippen LogP contribution in [-0.2, 0) is 0 Å². The van der Waals surface area contributed by atoms with Crippen LogP contribution in [0, 0.1) is 11.3 Å². The number of benzene rings is 2. The van der Waals surface area contributed by atoms with Crippen LogP contribution >= 0.6 is 0 Å². The number of nitriles is 1. The molecular formula is C18H18N2O. The molecule has 21 heavy (non-hydrogen) atoms. The monoisotopic (exact) mass is 278 g/mol. The fraction of sp³-hybridized carbons (Fsp3) is 0.278. The van der Waals surface area contributed by atoms with E-state index < -0.39 is 0 Å². The van der Waals surface area contributed by atoms with E-state index in [1.165, 1.54) is 11.1 Å². The summed E-state index contributed by atoms with van der Waals surface area (Å²) >= 11 is 0. The normalized spacial score (nSPS) is 18.2. The van der Waals surface area contributed by atoms with E-state index in [-0.39, 0.29) is 6.04 Å². The molecule has 0 amide bonds. The van der Waals surface area contributed by atoms with Crippen LogP contribution in [-0.4, -0.2) is 6.61 Å². The van der Waals surface area contributed by atoms with Crippen molar-refractivity contribution in [2.45, 2.75) is 25.4 Å². The molecule has 0 spiro atoms. The quantitative estimate of drug-likeness (QED) is 0.930. The molecule has 3 nitrogen and oxygen atoms in total. The van der Waals surface area contributed by atoms with E-state index in [4.69, 9.17) is 10.00 Å². The third-order valence-electron chi connectivity index (χ3n) is 3.95. The summed E-state index contributed by atoms with van der Waals surface area (Å²) in [7, 11) is 0. The molecule has 1 heterocycles. The molecule has 0 saturated heterocycles. The second kappa shape index (κ2) is 5.99. The van der Waals surface area contributed by atoms with Crippen LogP contribution in [0.15, 0.2) is 48.5 Å². The van der Waals surface area contributed by atoms with E-state index in [2.05, 4.69) is 30.4 Å². The summed E-state index contributed by atoms with van der Waals surface area (Å²) in [5, 5.41) is 12.5. The first-order valence-corrected chi connectivity index (χ1v) is 7.26. The van der Waals surface area contributed by atoms with Gasteiger partial charge in [-0.1, -0.05) is 30.3 Å². The van der Waals surface area contributed by atoms with Crippen molar-refractivity contribution in [1.29, 1.82) is 5.26 Å². The van der Waals surface area contributed by atoms with Gasteiger partial charge in [-0.3, -0.25) is 0 Å². The van der Waals surface area contributed by atoms with Crippen LogP contribution in [0.4, 0.5) is 0 Å². The first-order valence-electron chi connectivity index (χ1n) is 7.26. The van der Waals surface area contributed by atoms with Gasteiger partial charge in [0.2, 0.25) is 0 Å². The SMILES string of the molecule is CC(NC1CCOc2ccccc21)c1ccc(C#N)cc1. The number of ether oxygens (including phenoxy) is 1. The molecule has 0 bridgehead atoms. The molecule has 0 radical (unpaired) electrons. The van der Waals surface area contributed by atoms with E-state index in [0.717, 1.165) is 18.8 Å². The summed E-state index contributed by atoms with van der Waals surface area (Å²) in [6.07, 6.45) is 0.970. The Morgan fingerprint density at radius 3 is 2.71 bits per heavy atom. The molecule has 2 atom stereocenters. The highest BCUT2D eigenvalue weighted by Crippen LogP contribution is 2.33. The highest BCUT2D eigenvalue weighted by molar-refractivity contribution is 5.38. The van der Waals surface area contributed by atoms with Gasteiger partial charge in [0.05, 0.1) is 18.2 Å². The maximum absolute atomic E-state index is 8.86. The molecule has 0 aromatic heterocycles. The van der Waals surface area contributed by atoms with Gasteiger partial charge in [0.25, 0.3) is 0 Å². The minimum absolute atomic E-state index is 0.230. The van der Waals surface area contributed by atoms with Gasteiger partial charge in [-0.15, -0.1) is 0 Å². The van der Waals surface area contributed by atoms with Crippen molar-refractivity contribution >= 4 is 0 Å². The second-order valence-electron chi connectivity index (χ2n) is 5.35. The first kappa shape index (κ1) is 13.7. The smallest absolute Gasteiger partial charge is 0.124 e. The van der Waals surface area contributed by atoms with Gasteiger partial charge < -0.3 is 10.1 Å². The van der Waals surface area contributed by atoms with Crippen LogP contribution < -0.4 is 10.1 Å². The number of hydrogen-bond acceptors (Lipinski definition) is 3. The van der Waals surface area contributed by atoms with E-state index >= 15 is 0 Å². The van der Waals surface area contributed by atoms with Crippen molar-refractivity contribution in [3.05, 3.63) is 65.2 Å². The zero-order chi connectivity index (χ0) is 14.7. The molecule has 3 heteroatoms. The Kier molecular flexibility index (Phi) is 3.89. The number of hydrogen-bond donors (Lipinski definition) is 1. The maximum Gasteiger partial charge on any atom is 0.124 e. The molecule has 2 unspecified atom stereocenters. The Balaban J connectivity index is 1.76. The van der Waals surface area contributed by atoms with Crippen LogP contribution in [0.25, 0.3) is 0 Å². The van der Waals surface area contributed by atoms with Gasteiger partial charge in [0.15, 0.2) is 0 Å². The van der Waals surface area contributed by atoms with Gasteiger partial charge in [-0.05, 0) is 30.7 Å². The number of nitrogens with zero attached hydrogens (tertiary/aromatic N) is 1. The summed E-state index contributed by atoms with van der Waals surface area (Å²) in [6, 6.07) is 18.7. The summed E-state index contributed by atoms with van der Waals surface area (Å²) in [6.45, 7) is 2.90. The van der Waals surface area contributed by atoms with E-state index in [0.29, 0.717) is 11.6 Å². The summed E-state index contributed by atoms with van der Waals surface area (Å²) in [4.78, 5) is 0. The van der Waals surface area contributed by atoms with Crippen LogP contribution in [0.5, 0.6) is 5.75 Å². The third-order valence-corrected chi connectivity index (χ3v) is 3.95. The molecule has 1 aliphatic heterocycles. The van der Waals surface area contributed by atoms with Crippen LogP contribution in [0.3, 0.4) is 0 Å². The number of rotatable bonds is 3. The molecular weight excluding hydrogens is 260 g/mol. The van der Waals surface area contributed by atoms with Crippen molar-refractivity contribution in [2.75, 3.05) is 6.61 Å². The lowest BCUT2D eigenvalue weighted by molar-refractivity contribution is 0.246. The standard InChI is InChI=1S/C18H18N2O/c1-13(15-8-6-14(12-19)7-9-15)20-17-10-11-21-18-5-3-2-4-16(17)18/h2-9,13,17,20H,10-11H2,1H3. The molecule has 0 fully saturated rings. The Morgan fingerprint density at radius 1 is 1.19 bits per heavy atom. The van der Waals surface area contributed by atoms with Crippen LogP contribution in [0.2, 0.25) is 0 Å². The summed E-state index contributed by atoms with van der Waals surface area (Å²) in [5.41, 5.74) is 3.12. The minimum Gasteiger partial charge on any atom is -0.493 e. The van der Waals surface area contributed by atoms with Gasteiger partial charge in [0.1, 0.15) is 5.75 Å². The van der Waals surface area contributed by atoms with Crippen molar-refractivity contribution in [3.8, 4) is 11.8 Å². The Bertz CT molecular complexity index is 658. The Labute approximate surface area is 125 Å². The van der Waals surface area contributed by atoms with Gasteiger partial charge in [-0.25, -0.2) is 0 Å². The largest absolute Gasteiger partial charge is 0.493 e. The van der Waals surface area contributed by atoms with Crippen molar-refractivity contribution in [3.63, 3.8) is 0 Å². The van der Waals surface area contributed by atoms with Crippen molar-refractivity contribution in [1.82, 2.24) is 5.32 Å². The van der Waals surface area contributed by atoms with E-state index in [1.54, 1.807) is 0 Å². The first-order chi connectivity index (χ1) is 10.3. The molecule has 1 aliphatic rings. The molecule has 2 aromatic rings. The van der Waals surface area contributed by atoms with Crippen molar-refractivity contribution < 1.29 is 4.74 Å². The van der Waals surface area contributed by atoms with Gasteiger partial charge in [0, 0.05) is 24.1 Å². The number of fused-ring (bicyclic) bond motifs is 1. The average molecular weight is 278 g/mol. The Morgan fingerprint density at radius 2 is 1.95 bits per heavy atom. The molecule has 3 rings (SSSR count). The van der Waals surface area contributed by atoms with Crippen molar-refractivity contribution in [2.24, 2.45) is 0 Å². The average Bonchev–Trinajstić information content (AvgIpc) is 2.55. The topological polar surface area (TPSA) is 45.0 Å². The molecule has 2 aromatic carbocycles. The predicted molar refractivity (Wildman–Crippen MR) is 82.0 cm³/mol. The fourth-order valence-corrected chi connectivity index (χ4v) is 2.76. The zero-order valence-electron chi connectivity index (χ0n) is 12.0. The van der Waals surface area contributed by atoms with E-state index in [9.17, 15) is 0 Å². The van der Waals surface area contributed by atoms with E-state index in [1.807, 2.05) is 36.4 Å². The highest BCUT2D eigenvalue weighted by Gasteiger charge is 2.22. The maximum atomic E-state index is 8.86. The molecule has 106 valence electrons. The summed E-state index contributed by atoms with van der Waals surface area (Å²) in [5.74, 6) is 0.980. The number of nitrogens with one attached hydrogen (secondary N) is 1. The fourth-order valence-electron chi connectivity index (χ4n) is 2.76. The van der Waals surface area contributed by atoms with Gasteiger partial charge in [-0.2, -0.15) is 5.26 Å². The lowest BCUT2D eigenvalue weighted by Gasteiger charge is -2.29. The predicted octanol–water partition coefficient (Wildman–Crippen LogP) is 3.73. The molecule has 0 aliphatic carbocycles. The minimum atomic E-state index is 0.230. The lowest BCUT2D eigenvalue weighted by Crippen LogP contribution is -2.29. The Hall–Kier alpha value is -2.31. The van der Waals surface area contributed by atoms with Gasteiger partial charge >= 0.3 is 0 Å². The third kappa shape index (κ3) is 2.91.